The number of aryl methyl sites for hydroxylation is 1. The van der Waals surface area contributed by atoms with E-state index in [4.69, 9.17) is 0 Å². The quantitative estimate of drug-likeness (QED) is 0.790. The van der Waals surface area contributed by atoms with Crippen LogP contribution in [0, 0.1) is 6.92 Å². The molecule has 4 heteroatoms. The summed E-state index contributed by atoms with van der Waals surface area (Å²) in [6.45, 7) is 7.16. The van der Waals surface area contributed by atoms with Crippen molar-refractivity contribution < 1.29 is 0 Å². The van der Waals surface area contributed by atoms with E-state index < -0.39 is 0 Å². The van der Waals surface area contributed by atoms with Gasteiger partial charge >= 0.3 is 0 Å². The van der Waals surface area contributed by atoms with E-state index in [1.54, 1.807) is 11.3 Å². The first-order valence-electron chi connectivity index (χ1n) is 7.06. The maximum Gasteiger partial charge on any atom is 0.112 e. The largest absolute Gasteiger partial charge is 0.302 e. The first kappa shape index (κ1) is 14.2. The molecule has 0 saturated heterocycles. The van der Waals surface area contributed by atoms with Gasteiger partial charge in [0.25, 0.3) is 0 Å². The van der Waals surface area contributed by atoms with Crippen LogP contribution in [-0.4, -0.2) is 9.97 Å². The highest BCUT2D eigenvalue weighted by Crippen LogP contribution is 2.23. The molecular weight excluding hydrogens is 278 g/mol. The number of nitrogens with one attached hydrogen (secondary N) is 1. The van der Waals surface area contributed by atoms with E-state index in [-0.39, 0.29) is 5.54 Å². The monoisotopic (exact) mass is 297 g/mol. The van der Waals surface area contributed by atoms with E-state index in [1.807, 2.05) is 18.5 Å². The molecule has 0 spiro atoms. The average molecular weight is 297 g/mol. The van der Waals surface area contributed by atoms with E-state index in [1.165, 1.54) is 10.9 Å². The second-order valence-electron chi connectivity index (χ2n) is 5.80. The number of benzene rings is 1. The van der Waals surface area contributed by atoms with Crippen molar-refractivity contribution >= 4 is 22.2 Å². The third kappa shape index (κ3) is 3.12. The highest BCUT2D eigenvalue weighted by atomic mass is 32.1. The Balaban J connectivity index is 1.78. The van der Waals surface area contributed by atoms with Crippen LogP contribution in [0.1, 0.15) is 30.1 Å². The maximum atomic E-state index is 4.54. The maximum absolute atomic E-state index is 4.54. The molecule has 0 aliphatic rings. The normalized spacial score (nSPS) is 12.0. The molecule has 108 valence electrons. The molecule has 1 aromatic carbocycles. The fourth-order valence-corrected chi connectivity index (χ4v) is 3.06. The minimum atomic E-state index is -0.116. The zero-order chi connectivity index (χ0) is 14.9. The number of nitrogens with zero attached hydrogens (tertiary/aromatic N) is 2. The average Bonchev–Trinajstić information content (AvgIpc) is 3.00. The molecule has 3 aromatic rings. The van der Waals surface area contributed by atoms with Gasteiger partial charge in [0, 0.05) is 29.2 Å². The second kappa shape index (κ2) is 5.54. The minimum absolute atomic E-state index is 0.116. The van der Waals surface area contributed by atoms with Crippen molar-refractivity contribution in [3.8, 4) is 0 Å². The third-order valence-electron chi connectivity index (χ3n) is 3.59. The zero-order valence-corrected chi connectivity index (χ0v) is 13.4. The van der Waals surface area contributed by atoms with Crippen molar-refractivity contribution in [2.75, 3.05) is 0 Å². The Hall–Kier alpha value is -1.78. The van der Waals surface area contributed by atoms with E-state index in [9.17, 15) is 0 Å². The molecule has 0 bridgehead atoms. The molecule has 0 radical (unpaired) electrons. The number of thiazole rings is 1. The van der Waals surface area contributed by atoms with Gasteiger partial charge in [0.1, 0.15) is 5.01 Å². The summed E-state index contributed by atoms with van der Waals surface area (Å²) in [5.41, 5.74) is 3.25. The number of aromatic nitrogens is 2. The van der Waals surface area contributed by atoms with Gasteiger partial charge in [-0.25, -0.2) is 4.98 Å². The summed E-state index contributed by atoms with van der Waals surface area (Å²) in [6, 6.07) is 10.6. The van der Waals surface area contributed by atoms with Crippen molar-refractivity contribution in [3.63, 3.8) is 0 Å². The molecule has 3 rings (SSSR count). The first-order chi connectivity index (χ1) is 10.0. The molecule has 0 aliphatic heterocycles. The molecule has 0 atom stereocenters. The fourth-order valence-electron chi connectivity index (χ4n) is 2.32. The van der Waals surface area contributed by atoms with Gasteiger partial charge < -0.3 is 5.32 Å². The SMILES string of the molecule is Cc1ccc2cc(CNC(C)(C)c3nccs3)ccc2n1. The zero-order valence-electron chi connectivity index (χ0n) is 12.6. The third-order valence-corrected chi connectivity index (χ3v) is 4.69. The summed E-state index contributed by atoms with van der Waals surface area (Å²) in [5, 5.41) is 7.90. The van der Waals surface area contributed by atoms with Crippen LogP contribution in [0.3, 0.4) is 0 Å². The van der Waals surface area contributed by atoms with E-state index in [2.05, 4.69) is 59.5 Å². The van der Waals surface area contributed by atoms with Crippen molar-refractivity contribution in [1.29, 1.82) is 0 Å². The van der Waals surface area contributed by atoms with Crippen LogP contribution < -0.4 is 5.32 Å². The van der Waals surface area contributed by atoms with Gasteiger partial charge in [-0.1, -0.05) is 12.1 Å². The molecule has 1 N–H and O–H groups in total. The van der Waals surface area contributed by atoms with E-state index in [0.717, 1.165) is 22.8 Å². The lowest BCUT2D eigenvalue weighted by molar-refractivity contribution is 0.399. The Bertz CT molecular complexity index is 748. The van der Waals surface area contributed by atoms with Crippen LogP contribution in [0.2, 0.25) is 0 Å². The summed E-state index contributed by atoms with van der Waals surface area (Å²) in [7, 11) is 0. The van der Waals surface area contributed by atoms with E-state index >= 15 is 0 Å². The Morgan fingerprint density at radius 2 is 2.05 bits per heavy atom. The molecule has 21 heavy (non-hydrogen) atoms. The van der Waals surface area contributed by atoms with Gasteiger partial charge in [-0.2, -0.15) is 0 Å². The molecule has 0 aliphatic carbocycles. The number of hydrogen-bond acceptors (Lipinski definition) is 4. The van der Waals surface area contributed by atoms with Crippen molar-refractivity contribution in [3.05, 3.63) is 58.2 Å². The minimum Gasteiger partial charge on any atom is -0.302 e. The lowest BCUT2D eigenvalue weighted by Gasteiger charge is -2.24. The fraction of sp³-hybridized carbons (Fsp3) is 0.294. The van der Waals surface area contributed by atoms with Gasteiger partial charge in [0.05, 0.1) is 11.1 Å². The Morgan fingerprint density at radius 1 is 1.19 bits per heavy atom. The van der Waals surface area contributed by atoms with Gasteiger partial charge in [0.2, 0.25) is 0 Å². The Kier molecular flexibility index (Phi) is 3.74. The number of rotatable bonds is 4. The predicted molar refractivity (Wildman–Crippen MR) is 88.5 cm³/mol. The van der Waals surface area contributed by atoms with Crippen LogP contribution in [0.15, 0.2) is 41.9 Å². The molecule has 0 amide bonds. The lowest BCUT2D eigenvalue weighted by atomic mass is 10.1. The Morgan fingerprint density at radius 3 is 2.81 bits per heavy atom. The molecule has 3 nitrogen and oxygen atoms in total. The smallest absolute Gasteiger partial charge is 0.112 e. The Labute approximate surface area is 129 Å². The molecule has 2 aromatic heterocycles. The summed E-state index contributed by atoms with van der Waals surface area (Å²) >= 11 is 1.69. The van der Waals surface area contributed by atoms with Gasteiger partial charge in [-0.15, -0.1) is 11.3 Å². The molecule has 0 unspecified atom stereocenters. The summed E-state index contributed by atoms with van der Waals surface area (Å²) in [6.07, 6.45) is 1.85. The van der Waals surface area contributed by atoms with Gasteiger partial charge in [-0.05, 0) is 44.5 Å². The van der Waals surface area contributed by atoms with Crippen LogP contribution in [0.5, 0.6) is 0 Å². The first-order valence-corrected chi connectivity index (χ1v) is 7.94. The molecular formula is C17H19N3S. The van der Waals surface area contributed by atoms with Crippen LogP contribution in [0.4, 0.5) is 0 Å². The van der Waals surface area contributed by atoms with Crippen molar-refractivity contribution in [2.24, 2.45) is 0 Å². The second-order valence-corrected chi connectivity index (χ2v) is 6.69. The summed E-state index contributed by atoms with van der Waals surface area (Å²) < 4.78 is 0. The van der Waals surface area contributed by atoms with Crippen LogP contribution >= 0.6 is 11.3 Å². The van der Waals surface area contributed by atoms with Crippen LogP contribution in [-0.2, 0) is 12.1 Å². The molecule has 0 fully saturated rings. The van der Waals surface area contributed by atoms with Gasteiger partial charge in [0.15, 0.2) is 0 Å². The summed E-state index contributed by atoms with van der Waals surface area (Å²) in [4.78, 5) is 8.94. The number of pyridine rings is 1. The van der Waals surface area contributed by atoms with E-state index in [0.29, 0.717) is 0 Å². The van der Waals surface area contributed by atoms with Crippen LogP contribution in [0.25, 0.3) is 10.9 Å². The summed E-state index contributed by atoms with van der Waals surface area (Å²) in [5.74, 6) is 0. The van der Waals surface area contributed by atoms with Gasteiger partial charge in [-0.3, -0.25) is 4.98 Å². The number of fused-ring (bicyclic) bond motifs is 1. The van der Waals surface area contributed by atoms with Crippen molar-refractivity contribution in [2.45, 2.75) is 32.9 Å². The predicted octanol–water partition coefficient (Wildman–Crippen LogP) is 4.02. The number of hydrogen-bond donors (Lipinski definition) is 1. The molecule has 2 heterocycles. The lowest BCUT2D eigenvalue weighted by Crippen LogP contribution is -2.35. The van der Waals surface area contributed by atoms with Crippen molar-refractivity contribution in [1.82, 2.24) is 15.3 Å². The highest BCUT2D eigenvalue weighted by Gasteiger charge is 2.22. The topological polar surface area (TPSA) is 37.8 Å². The highest BCUT2D eigenvalue weighted by molar-refractivity contribution is 7.09. The molecule has 0 saturated carbocycles. The standard InChI is InChI=1S/C17H19N3S/c1-12-4-6-14-10-13(5-7-15(14)20-12)11-19-17(2,3)16-18-8-9-21-16/h4-10,19H,11H2,1-3H3.